The number of nitro groups is 1. The van der Waals surface area contributed by atoms with Crippen LogP contribution in [-0.2, 0) is 22.7 Å². The molecule has 0 atom stereocenters. The van der Waals surface area contributed by atoms with Gasteiger partial charge < -0.3 is 14.2 Å². The zero-order valence-corrected chi connectivity index (χ0v) is 15.2. The summed E-state index contributed by atoms with van der Waals surface area (Å²) >= 11 is 1.37. The smallest absolute Gasteiger partial charge is 0.348 e. The molecular weight excluding hydrogens is 370 g/mol. The molecule has 0 radical (unpaired) electrons. The van der Waals surface area contributed by atoms with Crippen molar-refractivity contribution in [1.82, 2.24) is 0 Å². The molecule has 0 bridgehead atoms. The fourth-order valence-corrected chi connectivity index (χ4v) is 4.17. The number of carbonyl (C=O) groups is 1. The highest BCUT2D eigenvalue weighted by Gasteiger charge is 2.23. The normalized spacial score (nSPS) is 13.1. The van der Waals surface area contributed by atoms with Crippen LogP contribution in [0.4, 0.5) is 5.69 Å². The molecule has 0 spiro atoms. The van der Waals surface area contributed by atoms with Gasteiger partial charge in [0.05, 0.1) is 11.5 Å². The summed E-state index contributed by atoms with van der Waals surface area (Å²) in [5.74, 6) is 0.0220. The predicted molar refractivity (Wildman–Crippen MR) is 99.1 cm³/mol. The van der Waals surface area contributed by atoms with Crippen molar-refractivity contribution < 1.29 is 23.9 Å². The lowest BCUT2D eigenvalue weighted by molar-refractivity contribution is -0.385. The molecule has 3 aromatic rings. The summed E-state index contributed by atoms with van der Waals surface area (Å²) < 4.78 is 17.1. The van der Waals surface area contributed by atoms with Gasteiger partial charge in [0.2, 0.25) is 0 Å². The Hall–Kier alpha value is -2.97. The van der Waals surface area contributed by atoms with E-state index < -0.39 is 10.9 Å². The third-order valence-electron chi connectivity index (χ3n) is 4.37. The molecule has 1 aliphatic rings. The first-order valence-electron chi connectivity index (χ1n) is 8.20. The molecule has 27 heavy (non-hydrogen) atoms. The number of nitro benzene ring substituents is 1. The number of nitrogens with zero attached hydrogens (tertiary/aromatic N) is 1. The summed E-state index contributed by atoms with van der Waals surface area (Å²) in [5, 5.41) is 12.2. The van der Waals surface area contributed by atoms with E-state index in [-0.39, 0.29) is 25.7 Å². The summed E-state index contributed by atoms with van der Waals surface area (Å²) in [6.07, 6.45) is 0. The number of rotatable bonds is 4. The lowest BCUT2D eigenvalue weighted by Crippen LogP contribution is -2.15. The summed E-state index contributed by atoms with van der Waals surface area (Å²) in [6.45, 7) is 2.04. The third kappa shape index (κ3) is 3.24. The average Bonchev–Trinajstić information content (AvgIpc) is 3.02. The van der Waals surface area contributed by atoms with Crippen LogP contribution in [0.3, 0.4) is 0 Å². The first kappa shape index (κ1) is 17.4. The number of hydrogen-bond donors (Lipinski definition) is 0. The van der Waals surface area contributed by atoms with Crippen LogP contribution in [0.1, 0.15) is 26.4 Å². The Bertz CT molecular complexity index is 1060. The number of esters is 1. The molecule has 0 aliphatic carbocycles. The van der Waals surface area contributed by atoms with Crippen LogP contribution in [0.5, 0.6) is 5.75 Å². The molecule has 0 fully saturated rings. The number of thiophene rings is 1. The van der Waals surface area contributed by atoms with Gasteiger partial charge in [0, 0.05) is 28.0 Å². The topological polar surface area (TPSA) is 87.9 Å². The molecule has 7 nitrogen and oxygen atoms in total. The highest BCUT2D eigenvalue weighted by molar-refractivity contribution is 7.21. The minimum Gasteiger partial charge on any atom is -0.467 e. The molecule has 2 aromatic carbocycles. The van der Waals surface area contributed by atoms with E-state index in [1.807, 2.05) is 31.2 Å². The second kappa shape index (κ2) is 6.98. The van der Waals surface area contributed by atoms with Gasteiger partial charge in [-0.05, 0) is 23.9 Å². The molecule has 1 aromatic heterocycles. The van der Waals surface area contributed by atoms with Crippen LogP contribution in [0.15, 0.2) is 36.4 Å². The number of fused-ring (bicyclic) bond motifs is 2. The Morgan fingerprint density at radius 2 is 2.15 bits per heavy atom. The average molecular weight is 385 g/mol. The summed E-state index contributed by atoms with van der Waals surface area (Å²) in [7, 11) is 0. The Labute approximate surface area is 158 Å². The van der Waals surface area contributed by atoms with Gasteiger partial charge in [-0.3, -0.25) is 10.1 Å². The molecule has 0 saturated heterocycles. The molecule has 4 rings (SSSR count). The maximum atomic E-state index is 12.6. The van der Waals surface area contributed by atoms with Crippen LogP contribution in [0, 0.1) is 17.0 Å². The molecule has 0 amide bonds. The van der Waals surface area contributed by atoms with Gasteiger partial charge in [-0.2, -0.15) is 0 Å². The lowest BCUT2D eigenvalue weighted by atomic mass is 10.1. The van der Waals surface area contributed by atoms with Gasteiger partial charge in [-0.15, -0.1) is 11.3 Å². The Balaban J connectivity index is 1.61. The molecule has 0 unspecified atom stereocenters. The minimum atomic E-state index is -0.490. The maximum Gasteiger partial charge on any atom is 0.348 e. The fraction of sp³-hybridized carbons (Fsp3) is 0.211. The van der Waals surface area contributed by atoms with Crippen molar-refractivity contribution in [1.29, 1.82) is 0 Å². The van der Waals surface area contributed by atoms with Crippen LogP contribution in [0.25, 0.3) is 10.1 Å². The molecule has 2 heterocycles. The molecule has 0 saturated carbocycles. The summed E-state index contributed by atoms with van der Waals surface area (Å²) in [4.78, 5) is 23.8. The van der Waals surface area contributed by atoms with Crippen LogP contribution in [-0.4, -0.2) is 17.7 Å². The highest BCUT2D eigenvalue weighted by Crippen LogP contribution is 2.34. The van der Waals surface area contributed by atoms with Crippen molar-refractivity contribution >= 4 is 33.1 Å². The van der Waals surface area contributed by atoms with E-state index >= 15 is 0 Å². The molecule has 8 heteroatoms. The zero-order valence-electron chi connectivity index (χ0n) is 14.4. The van der Waals surface area contributed by atoms with Crippen molar-refractivity contribution in [2.24, 2.45) is 0 Å². The Morgan fingerprint density at radius 3 is 2.93 bits per heavy atom. The zero-order chi connectivity index (χ0) is 19.0. The standard InChI is InChI=1S/C19H15NO6S/c1-11-15-4-2-3-5-16(15)27-18(11)19(21)25-9-13-7-14(20(22)23)6-12-8-24-10-26-17(12)13/h2-7H,8-10H2,1H3. The van der Waals surface area contributed by atoms with E-state index in [1.165, 1.54) is 23.5 Å². The number of aryl methyl sites for hydroxylation is 1. The second-order valence-corrected chi connectivity index (χ2v) is 7.14. The lowest BCUT2D eigenvalue weighted by Gasteiger charge is -2.20. The van der Waals surface area contributed by atoms with E-state index in [4.69, 9.17) is 14.2 Å². The van der Waals surface area contributed by atoms with Gasteiger partial charge in [-0.25, -0.2) is 4.79 Å². The van der Waals surface area contributed by atoms with Crippen LogP contribution in [0.2, 0.25) is 0 Å². The fourth-order valence-electron chi connectivity index (χ4n) is 3.07. The van der Waals surface area contributed by atoms with Crippen molar-refractivity contribution in [3.8, 4) is 5.75 Å². The predicted octanol–water partition coefficient (Wildman–Crippen LogP) is 4.34. The van der Waals surface area contributed by atoms with E-state index in [1.54, 1.807) is 0 Å². The van der Waals surface area contributed by atoms with E-state index in [9.17, 15) is 14.9 Å². The number of carbonyl (C=O) groups excluding carboxylic acids is 1. The second-order valence-electron chi connectivity index (χ2n) is 6.09. The molecule has 138 valence electrons. The Kier molecular flexibility index (Phi) is 4.51. The van der Waals surface area contributed by atoms with Crippen LogP contribution >= 0.6 is 11.3 Å². The monoisotopic (exact) mass is 385 g/mol. The minimum absolute atomic E-state index is 0.0567. The molecule has 0 N–H and O–H groups in total. The number of non-ortho nitro benzene ring substituents is 1. The van der Waals surface area contributed by atoms with Gasteiger partial charge in [0.15, 0.2) is 6.79 Å². The molecular formula is C19H15NO6S. The first-order valence-corrected chi connectivity index (χ1v) is 9.02. The van der Waals surface area contributed by atoms with Crippen molar-refractivity contribution in [3.63, 3.8) is 0 Å². The van der Waals surface area contributed by atoms with Gasteiger partial charge in [0.25, 0.3) is 5.69 Å². The van der Waals surface area contributed by atoms with Crippen molar-refractivity contribution in [2.75, 3.05) is 6.79 Å². The van der Waals surface area contributed by atoms with Crippen molar-refractivity contribution in [3.05, 3.63) is 68.1 Å². The highest BCUT2D eigenvalue weighted by atomic mass is 32.1. The Morgan fingerprint density at radius 1 is 1.33 bits per heavy atom. The quantitative estimate of drug-likeness (QED) is 0.377. The van der Waals surface area contributed by atoms with E-state index in [0.29, 0.717) is 21.8 Å². The summed E-state index contributed by atoms with van der Waals surface area (Å²) in [6, 6.07) is 10.5. The van der Waals surface area contributed by atoms with Gasteiger partial charge in [-0.1, -0.05) is 18.2 Å². The molecule has 1 aliphatic heterocycles. The number of ether oxygens (including phenoxy) is 3. The van der Waals surface area contributed by atoms with Gasteiger partial charge >= 0.3 is 5.97 Å². The number of hydrogen-bond acceptors (Lipinski definition) is 7. The third-order valence-corrected chi connectivity index (χ3v) is 5.62. The SMILES string of the molecule is Cc1c(C(=O)OCc2cc([N+](=O)[O-])cc3c2OCOC3)sc2ccccc12. The van der Waals surface area contributed by atoms with Crippen LogP contribution < -0.4 is 4.74 Å². The number of benzene rings is 2. The van der Waals surface area contributed by atoms with E-state index in [0.717, 1.165) is 15.6 Å². The maximum absolute atomic E-state index is 12.6. The van der Waals surface area contributed by atoms with E-state index in [2.05, 4.69) is 0 Å². The largest absolute Gasteiger partial charge is 0.467 e. The first-order chi connectivity index (χ1) is 13.0. The summed E-state index contributed by atoms with van der Waals surface area (Å²) in [5.41, 5.74) is 1.80. The van der Waals surface area contributed by atoms with Crippen molar-refractivity contribution in [2.45, 2.75) is 20.1 Å². The van der Waals surface area contributed by atoms with Gasteiger partial charge in [0.1, 0.15) is 17.2 Å².